The zero-order valence-corrected chi connectivity index (χ0v) is 15.0. The summed E-state index contributed by atoms with van der Waals surface area (Å²) >= 11 is 0. The summed E-state index contributed by atoms with van der Waals surface area (Å²) in [5, 5.41) is 20.0. The maximum absolute atomic E-state index is 8.86. The van der Waals surface area contributed by atoms with E-state index in [2.05, 4.69) is 32.6 Å². The molecule has 21 heavy (non-hydrogen) atoms. The largest absolute Gasteiger partial charge is 0.394 e. The van der Waals surface area contributed by atoms with Crippen molar-refractivity contribution in [3.05, 3.63) is 11.6 Å². The Bertz CT molecular complexity index is 462. The first-order chi connectivity index (χ1) is 9.76. The topological polar surface area (TPSA) is 87.4 Å². The molecular formula is C13H25IN6O. The van der Waals surface area contributed by atoms with Gasteiger partial charge in [0.2, 0.25) is 0 Å². The number of aliphatic imine (C=N–C) groups is 1. The summed E-state index contributed by atoms with van der Waals surface area (Å²) in [6.07, 6.45) is 2.83. The van der Waals surface area contributed by atoms with Crippen molar-refractivity contribution in [1.82, 2.24) is 25.4 Å². The third kappa shape index (κ3) is 5.10. The molecule has 3 N–H and O–H groups in total. The summed E-state index contributed by atoms with van der Waals surface area (Å²) < 4.78 is 2.00. The number of aryl methyl sites for hydroxylation is 2. The van der Waals surface area contributed by atoms with E-state index in [0.717, 1.165) is 50.0 Å². The third-order valence-corrected chi connectivity index (χ3v) is 3.27. The zero-order valence-electron chi connectivity index (χ0n) is 12.7. The molecule has 1 aromatic heterocycles. The average molecular weight is 408 g/mol. The van der Waals surface area contributed by atoms with Crippen LogP contribution in [0.5, 0.6) is 0 Å². The van der Waals surface area contributed by atoms with Crippen LogP contribution in [0.25, 0.3) is 0 Å². The highest BCUT2D eigenvalue weighted by Gasteiger charge is 2.21. The standard InChI is InChI=1S/C13H24N6O.HI/c1-3-11-17-12-6-5-10(9-19(12)18-11)16-13(14-4-2)15-7-8-20;/h10,20H,3-9H2,1-2H3,(H2,14,15,16);1H. The highest BCUT2D eigenvalue weighted by molar-refractivity contribution is 14.0. The van der Waals surface area contributed by atoms with E-state index < -0.39 is 0 Å². The van der Waals surface area contributed by atoms with Crippen LogP contribution in [0.4, 0.5) is 0 Å². The van der Waals surface area contributed by atoms with Gasteiger partial charge in [0.15, 0.2) is 11.8 Å². The van der Waals surface area contributed by atoms with E-state index in [1.54, 1.807) is 0 Å². The highest BCUT2D eigenvalue weighted by Crippen LogP contribution is 2.13. The molecule has 0 bridgehead atoms. The third-order valence-electron chi connectivity index (χ3n) is 3.27. The number of hydrogen-bond donors (Lipinski definition) is 3. The smallest absolute Gasteiger partial charge is 0.191 e. The van der Waals surface area contributed by atoms with Gasteiger partial charge >= 0.3 is 0 Å². The van der Waals surface area contributed by atoms with Crippen LogP contribution in [0.1, 0.15) is 31.9 Å². The molecule has 0 aliphatic carbocycles. The monoisotopic (exact) mass is 408 g/mol. The summed E-state index contributed by atoms with van der Waals surface area (Å²) in [6, 6.07) is 0.297. The Morgan fingerprint density at radius 2 is 2.29 bits per heavy atom. The van der Waals surface area contributed by atoms with Crippen LogP contribution in [0.3, 0.4) is 0 Å². The Morgan fingerprint density at radius 3 is 2.95 bits per heavy atom. The fourth-order valence-corrected chi connectivity index (χ4v) is 2.30. The molecule has 0 radical (unpaired) electrons. The Kier molecular flexibility index (Phi) is 7.94. The summed E-state index contributed by atoms with van der Waals surface area (Å²) in [5.74, 6) is 2.75. The van der Waals surface area contributed by atoms with E-state index in [1.165, 1.54) is 0 Å². The van der Waals surface area contributed by atoms with Gasteiger partial charge in [-0.1, -0.05) is 6.92 Å². The van der Waals surface area contributed by atoms with E-state index in [-0.39, 0.29) is 30.6 Å². The Labute approximate surface area is 142 Å². The molecule has 0 saturated heterocycles. The lowest BCUT2D eigenvalue weighted by atomic mass is 10.1. The van der Waals surface area contributed by atoms with Gasteiger partial charge in [-0.05, 0) is 13.3 Å². The molecule has 120 valence electrons. The van der Waals surface area contributed by atoms with Gasteiger partial charge in [0.05, 0.1) is 19.7 Å². The summed E-state index contributed by atoms with van der Waals surface area (Å²) in [7, 11) is 0. The lowest BCUT2D eigenvalue weighted by molar-refractivity contribution is 0.306. The fourth-order valence-electron chi connectivity index (χ4n) is 2.30. The van der Waals surface area contributed by atoms with Crippen LogP contribution in [0, 0.1) is 0 Å². The average Bonchev–Trinajstić information content (AvgIpc) is 2.87. The maximum atomic E-state index is 8.86. The molecule has 8 heteroatoms. The second-order valence-corrected chi connectivity index (χ2v) is 4.84. The Balaban J connectivity index is 0.00000220. The van der Waals surface area contributed by atoms with E-state index in [1.807, 2.05) is 11.6 Å². The van der Waals surface area contributed by atoms with Gasteiger partial charge in [-0.2, -0.15) is 5.10 Å². The summed E-state index contributed by atoms with van der Waals surface area (Å²) in [5.41, 5.74) is 0. The molecule has 1 aliphatic heterocycles. The van der Waals surface area contributed by atoms with Gasteiger partial charge in [-0.25, -0.2) is 9.67 Å². The van der Waals surface area contributed by atoms with Crippen molar-refractivity contribution in [3.63, 3.8) is 0 Å². The normalized spacial score (nSPS) is 17.9. The van der Waals surface area contributed by atoms with E-state index in [9.17, 15) is 0 Å². The number of rotatable bonds is 5. The second-order valence-electron chi connectivity index (χ2n) is 4.84. The number of hydrogen-bond acceptors (Lipinski definition) is 4. The minimum atomic E-state index is 0. The molecule has 2 heterocycles. The van der Waals surface area contributed by atoms with Crippen molar-refractivity contribution in [3.8, 4) is 0 Å². The molecule has 1 unspecified atom stereocenters. The maximum Gasteiger partial charge on any atom is 0.191 e. The second kappa shape index (κ2) is 9.19. The molecule has 1 atom stereocenters. The minimum Gasteiger partial charge on any atom is -0.394 e. The minimum absolute atomic E-state index is 0. The first-order valence-corrected chi connectivity index (χ1v) is 7.35. The van der Waals surface area contributed by atoms with Crippen molar-refractivity contribution in [2.45, 2.75) is 45.7 Å². The lowest BCUT2D eigenvalue weighted by Crippen LogP contribution is -2.47. The van der Waals surface area contributed by atoms with Crippen molar-refractivity contribution in [2.75, 3.05) is 19.7 Å². The number of aliphatic hydroxyl groups excluding tert-OH is 1. The number of guanidine groups is 1. The van der Waals surface area contributed by atoms with Crippen LogP contribution in [-0.2, 0) is 19.4 Å². The molecule has 0 fully saturated rings. The zero-order chi connectivity index (χ0) is 14.4. The van der Waals surface area contributed by atoms with Crippen molar-refractivity contribution >= 4 is 29.9 Å². The lowest BCUT2D eigenvalue weighted by Gasteiger charge is -2.25. The summed E-state index contributed by atoms with van der Waals surface area (Å²) in [6.45, 7) is 6.19. The Hall–Kier alpha value is -0.900. The van der Waals surface area contributed by atoms with Crippen LogP contribution in [0.2, 0.25) is 0 Å². The highest BCUT2D eigenvalue weighted by atomic mass is 127. The molecule has 1 aromatic rings. The molecule has 1 aliphatic rings. The fraction of sp³-hybridized carbons (Fsp3) is 0.769. The number of fused-ring (bicyclic) bond motifs is 1. The van der Waals surface area contributed by atoms with Gasteiger partial charge in [0.25, 0.3) is 0 Å². The van der Waals surface area contributed by atoms with Crippen LogP contribution < -0.4 is 10.6 Å². The van der Waals surface area contributed by atoms with E-state index >= 15 is 0 Å². The van der Waals surface area contributed by atoms with Gasteiger partial charge < -0.3 is 15.7 Å². The predicted molar refractivity (Wildman–Crippen MR) is 93.1 cm³/mol. The van der Waals surface area contributed by atoms with Crippen molar-refractivity contribution < 1.29 is 5.11 Å². The van der Waals surface area contributed by atoms with Crippen LogP contribution in [0.15, 0.2) is 4.99 Å². The van der Waals surface area contributed by atoms with Crippen LogP contribution in [-0.4, -0.2) is 51.6 Å². The Morgan fingerprint density at radius 1 is 1.48 bits per heavy atom. The number of nitrogens with one attached hydrogen (secondary N) is 2. The molecule has 0 aromatic carbocycles. The number of aliphatic hydroxyl groups is 1. The van der Waals surface area contributed by atoms with Gasteiger partial charge in [0, 0.05) is 25.4 Å². The van der Waals surface area contributed by atoms with E-state index in [4.69, 9.17) is 5.11 Å². The molecule has 0 amide bonds. The number of halogens is 1. The van der Waals surface area contributed by atoms with Gasteiger partial charge in [-0.15, -0.1) is 24.0 Å². The van der Waals surface area contributed by atoms with Crippen molar-refractivity contribution in [2.24, 2.45) is 4.99 Å². The molecule has 0 saturated carbocycles. The van der Waals surface area contributed by atoms with Crippen molar-refractivity contribution in [1.29, 1.82) is 0 Å². The van der Waals surface area contributed by atoms with Gasteiger partial charge in [0.1, 0.15) is 5.82 Å². The number of aromatic nitrogens is 3. The molecule has 7 nitrogen and oxygen atoms in total. The number of nitrogens with zero attached hydrogens (tertiary/aromatic N) is 4. The first kappa shape index (κ1) is 18.1. The summed E-state index contributed by atoms with van der Waals surface area (Å²) in [4.78, 5) is 8.82. The van der Waals surface area contributed by atoms with Gasteiger partial charge in [-0.3, -0.25) is 4.99 Å². The molecular weight excluding hydrogens is 383 g/mol. The van der Waals surface area contributed by atoms with E-state index in [0.29, 0.717) is 12.6 Å². The SMILES string of the molecule is CCNC(=NCCO)NC1CCc2nc(CC)nn2C1.I. The van der Waals surface area contributed by atoms with Crippen LogP contribution >= 0.6 is 24.0 Å². The quantitative estimate of drug-likeness (QED) is 0.371. The first-order valence-electron chi connectivity index (χ1n) is 7.35. The molecule has 2 rings (SSSR count). The molecule has 0 spiro atoms. The predicted octanol–water partition coefficient (Wildman–Crippen LogP) is 0.321.